The van der Waals surface area contributed by atoms with Crippen molar-refractivity contribution in [3.63, 3.8) is 0 Å². The summed E-state index contributed by atoms with van der Waals surface area (Å²) >= 11 is 0. The summed E-state index contributed by atoms with van der Waals surface area (Å²) in [4.78, 5) is 0.380. The van der Waals surface area contributed by atoms with Gasteiger partial charge in [-0.2, -0.15) is 0 Å². The van der Waals surface area contributed by atoms with Crippen molar-refractivity contribution >= 4 is 15.5 Å². The van der Waals surface area contributed by atoms with E-state index >= 15 is 0 Å². The summed E-state index contributed by atoms with van der Waals surface area (Å²) in [5, 5.41) is 3.15. The Bertz CT molecular complexity index is 498. The van der Waals surface area contributed by atoms with Crippen LogP contribution >= 0.6 is 0 Å². The van der Waals surface area contributed by atoms with E-state index in [4.69, 9.17) is 4.74 Å². The van der Waals surface area contributed by atoms with Crippen molar-refractivity contribution in [3.05, 3.63) is 24.3 Å². The van der Waals surface area contributed by atoms with Crippen LogP contribution in [0.2, 0.25) is 0 Å². The van der Waals surface area contributed by atoms with Crippen LogP contribution in [0, 0.1) is 5.92 Å². The van der Waals surface area contributed by atoms with E-state index in [1.165, 1.54) is 0 Å². The third kappa shape index (κ3) is 5.51. The average molecular weight is 299 g/mol. The summed E-state index contributed by atoms with van der Waals surface area (Å²) in [6.07, 6.45) is 0.619. The van der Waals surface area contributed by atoms with Gasteiger partial charge in [0.1, 0.15) is 0 Å². The molecule has 1 N–H and O–H groups in total. The van der Waals surface area contributed by atoms with Crippen LogP contribution < -0.4 is 5.32 Å². The van der Waals surface area contributed by atoms with Gasteiger partial charge in [-0.15, -0.1) is 0 Å². The van der Waals surface area contributed by atoms with Gasteiger partial charge in [-0.1, -0.05) is 32.9 Å². The molecule has 0 aliphatic rings. The molecule has 0 fully saturated rings. The van der Waals surface area contributed by atoms with E-state index in [1.54, 1.807) is 18.2 Å². The normalized spacial score (nSPS) is 11.8. The van der Waals surface area contributed by atoms with Crippen molar-refractivity contribution in [2.75, 3.05) is 30.8 Å². The maximum absolute atomic E-state index is 12.2. The number of nitrogens with one attached hydrogen (secondary N) is 1. The highest BCUT2D eigenvalue weighted by atomic mass is 32.2. The van der Waals surface area contributed by atoms with E-state index in [1.807, 2.05) is 13.0 Å². The lowest BCUT2D eigenvalue weighted by atomic mass is 10.2. The van der Waals surface area contributed by atoms with Crippen LogP contribution in [-0.2, 0) is 14.6 Å². The Hall–Kier alpha value is -1.07. The van der Waals surface area contributed by atoms with E-state index in [0.29, 0.717) is 36.1 Å². The molecule has 1 aromatic carbocycles. The third-order valence-electron chi connectivity index (χ3n) is 2.71. The molecule has 0 aliphatic heterocycles. The van der Waals surface area contributed by atoms with Gasteiger partial charge in [0.15, 0.2) is 9.84 Å². The zero-order chi connectivity index (χ0) is 15.0. The van der Waals surface area contributed by atoms with Gasteiger partial charge in [-0.25, -0.2) is 8.42 Å². The number of rotatable bonds is 9. The van der Waals surface area contributed by atoms with Gasteiger partial charge in [-0.05, 0) is 24.5 Å². The molecule has 0 spiro atoms. The van der Waals surface area contributed by atoms with Gasteiger partial charge in [0.05, 0.1) is 22.9 Å². The minimum absolute atomic E-state index is 0.176. The van der Waals surface area contributed by atoms with Crippen molar-refractivity contribution in [1.82, 2.24) is 0 Å². The maximum atomic E-state index is 12.2. The van der Waals surface area contributed by atoms with Crippen LogP contribution in [0.1, 0.15) is 27.2 Å². The predicted octanol–water partition coefficient (Wildman–Crippen LogP) is 2.95. The second-order valence-electron chi connectivity index (χ2n) is 5.21. The molecule has 0 atom stereocenters. The molecule has 5 heteroatoms. The maximum Gasteiger partial charge on any atom is 0.180 e. The number of sulfone groups is 1. The Kier molecular flexibility index (Phi) is 7.02. The van der Waals surface area contributed by atoms with Gasteiger partial charge >= 0.3 is 0 Å². The SMILES string of the molecule is CCCS(=O)(=O)c1ccccc1NCCOCC(C)C. The highest BCUT2D eigenvalue weighted by Gasteiger charge is 2.16. The molecule has 4 nitrogen and oxygen atoms in total. The van der Waals surface area contributed by atoms with Gasteiger partial charge in [-0.3, -0.25) is 0 Å². The molecule has 1 aromatic rings. The lowest BCUT2D eigenvalue weighted by molar-refractivity contribution is 0.118. The zero-order valence-corrected chi connectivity index (χ0v) is 13.4. The fourth-order valence-electron chi connectivity index (χ4n) is 1.84. The fourth-order valence-corrected chi connectivity index (χ4v) is 3.36. The van der Waals surface area contributed by atoms with Gasteiger partial charge in [0.2, 0.25) is 0 Å². The van der Waals surface area contributed by atoms with Crippen molar-refractivity contribution in [2.24, 2.45) is 5.92 Å². The molecule has 0 saturated heterocycles. The Morgan fingerprint density at radius 2 is 1.95 bits per heavy atom. The fraction of sp³-hybridized carbons (Fsp3) is 0.600. The van der Waals surface area contributed by atoms with Crippen molar-refractivity contribution in [3.8, 4) is 0 Å². The molecule has 0 heterocycles. The largest absolute Gasteiger partial charge is 0.382 e. The minimum atomic E-state index is -3.20. The monoisotopic (exact) mass is 299 g/mol. The van der Waals surface area contributed by atoms with Gasteiger partial charge in [0.25, 0.3) is 0 Å². The number of para-hydroxylation sites is 1. The first-order valence-corrected chi connectivity index (χ1v) is 8.76. The molecule has 0 aromatic heterocycles. The number of benzene rings is 1. The summed E-state index contributed by atoms with van der Waals surface area (Å²) < 4.78 is 29.8. The number of anilines is 1. The van der Waals surface area contributed by atoms with Crippen LogP contribution in [0.15, 0.2) is 29.2 Å². The minimum Gasteiger partial charge on any atom is -0.382 e. The molecule has 0 aliphatic carbocycles. The Morgan fingerprint density at radius 3 is 2.60 bits per heavy atom. The molecular weight excluding hydrogens is 274 g/mol. The standard InChI is InChI=1S/C15H25NO3S/c1-4-11-20(17,18)15-8-6-5-7-14(15)16-9-10-19-12-13(2)3/h5-8,13,16H,4,9-12H2,1-3H3. The molecule has 0 unspecified atom stereocenters. The van der Waals surface area contributed by atoms with Gasteiger partial charge in [0, 0.05) is 13.2 Å². The Balaban J connectivity index is 2.63. The Labute approximate surface area is 122 Å². The van der Waals surface area contributed by atoms with Crippen LogP contribution in [0.25, 0.3) is 0 Å². The topological polar surface area (TPSA) is 55.4 Å². The first kappa shape index (κ1) is 17.0. The molecule has 0 saturated carbocycles. The summed E-state index contributed by atoms with van der Waals surface area (Å²) in [6, 6.07) is 7.04. The highest BCUT2D eigenvalue weighted by Crippen LogP contribution is 2.22. The first-order valence-electron chi connectivity index (χ1n) is 7.10. The lowest BCUT2D eigenvalue weighted by Crippen LogP contribution is -2.15. The molecule has 0 amide bonds. The van der Waals surface area contributed by atoms with Crippen molar-refractivity contribution < 1.29 is 13.2 Å². The summed E-state index contributed by atoms with van der Waals surface area (Å²) in [5.74, 6) is 0.683. The summed E-state index contributed by atoms with van der Waals surface area (Å²) in [7, 11) is -3.20. The molecule has 0 radical (unpaired) electrons. The Morgan fingerprint density at radius 1 is 1.25 bits per heavy atom. The van der Waals surface area contributed by atoms with Crippen LogP contribution in [0.4, 0.5) is 5.69 Å². The number of hydrogen-bond donors (Lipinski definition) is 1. The number of hydrogen-bond acceptors (Lipinski definition) is 4. The van der Waals surface area contributed by atoms with Crippen LogP contribution in [-0.4, -0.2) is 33.9 Å². The second-order valence-corrected chi connectivity index (χ2v) is 7.29. The highest BCUT2D eigenvalue weighted by molar-refractivity contribution is 7.91. The zero-order valence-electron chi connectivity index (χ0n) is 12.6. The van der Waals surface area contributed by atoms with Gasteiger partial charge < -0.3 is 10.1 Å². The van der Waals surface area contributed by atoms with Crippen molar-refractivity contribution in [1.29, 1.82) is 0 Å². The molecular formula is C15H25NO3S. The summed E-state index contributed by atoms with van der Waals surface area (Å²) in [6.45, 7) is 7.95. The summed E-state index contributed by atoms with van der Waals surface area (Å²) in [5.41, 5.74) is 0.661. The molecule has 0 bridgehead atoms. The quantitative estimate of drug-likeness (QED) is 0.712. The number of ether oxygens (including phenoxy) is 1. The van der Waals surface area contributed by atoms with E-state index < -0.39 is 9.84 Å². The molecule has 20 heavy (non-hydrogen) atoms. The smallest absolute Gasteiger partial charge is 0.180 e. The second kappa shape index (κ2) is 8.27. The molecule has 1 rings (SSSR count). The first-order chi connectivity index (χ1) is 9.47. The van der Waals surface area contributed by atoms with E-state index in [0.717, 1.165) is 6.61 Å². The molecule has 114 valence electrons. The van der Waals surface area contributed by atoms with E-state index in [9.17, 15) is 8.42 Å². The van der Waals surface area contributed by atoms with Crippen LogP contribution in [0.5, 0.6) is 0 Å². The van der Waals surface area contributed by atoms with Crippen molar-refractivity contribution in [2.45, 2.75) is 32.1 Å². The lowest BCUT2D eigenvalue weighted by Gasteiger charge is -2.13. The average Bonchev–Trinajstić information content (AvgIpc) is 2.38. The van der Waals surface area contributed by atoms with E-state index in [2.05, 4.69) is 19.2 Å². The van der Waals surface area contributed by atoms with Crippen LogP contribution in [0.3, 0.4) is 0 Å². The predicted molar refractivity (Wildman–Crippen MR) is 82.9 cm³/mol. The third-order valence-corrected chi connectivity index (χ3v) is 4.68. The van der Waals surface area contributed by atoms with E-state index in [-0.39, 0.29) is 5.75 Å².